The predicted molar refractivity (Wildman–Crippen MR) is 132 cm³/mol. The molecule has 0 atom stereocenters. The van der Waals surface area contributed by atoms with Crippen LogP contribution in [-0.4, -0.2) is 32.7 Å². The fourth-order valence-electron chi connectivity index (χ4n) is 3.27. The van der Waals surface area contributed by atoms with Crippen LogP contribution in [0.5, 0.6) is 11.5 Å². The topological polar surface area (TPSA) is 73.9 Å². The van der Waals surface area contributed by atoms with Crippen molar-refractivity contribution in [1.82, 2.24) is 0 Å². The van der Waals surface area contributed by atoms with Gasteiger partial charge in [0.05, 0.1) is 20.8 Å². The molecule has 7 heteroatoms. The maximum atomic E-state index is 12.7. The molecule has 0 aliphatic carbocycles. The first-order valence-electron chi connectivity index (χ1n) is 10.6. The van der Waals surface area contributed by atoms with Gasteiger partial charge in [0.1, 0.15) is 10.6 Å². The maximum absolute atomic E-state index is 12.7. The van der Waals surface area contributed by atoms with E-state index in [2.05, 4.69) is 12.2 Å². The Morgan fingerprint density at radius 1 is 1.00 bits per heavy atom. The van der Waals surface area contributed by atoms with Gasteiger partial charge in [0.15, 0.2) is 11.5 Å². The molecule has 1 amide bonds. The zero-order valence-corrected chi connectivity index (χ0v) is 20.0. The Labute approximate surface area is 197 Å². The van der Waals surface area contributed by atoms with Crippen molar-refractivity contribution in [3.63, 3.8) is 0 Å². The Morgan fingerprint density at radius 3 is 2.36 bits per heavy atom. The number of aryl methyl sites for hydroxylation is 1. The second kappa shape index (κ2) is 11.3. The molecule has 0 aliphatic heterocycles. The number of rotatable bonds is 9. The Balaban J connectivity index is 1.85. The third-order valence-electron chi connectivity index (χ3n) is 5.02. The Morgan fingerprint density at radius 2 is 1.73 bits per heavy atom. The first-order chi connectivity index (χ1) is 16.0. The summed E-state index contributed by atoms with van der Waals surface area (Å²) in [5, 5.41) is 5.13. The van der Waals surface area contributed by atoms with Crippen molar-refractivity contribution in [2.24, 2.45) is 0 Å². The SMILES string of the molecule is CCOC(=O)c1c(-c2ccc(CC)cc2)csc1NC(=O)C=Cc1ccc(OC)c(OC)c1. The van der Waals surface area contributed by atoms with Crippen molar-refractivity contribution >= 4 is 34.3 Å². The van der Waals surface area contributed by atoms with Gasteiger partial charge in [-0.25, -0.2) is 4.79 Å². The molecule has 0 radical (unpaired) electrons. The van der Waals surface area contributed by atoms with Gasteiger partial charge in [0.25, 0.3) is 0 Å². The molecular formula is C26H27NO5S. The van der Waals surface area contributed by atoms with E-state index < -0.39 is 5.97 Å². The zero-order chi connectivity index (χ0) is 23.8. The number of esters is 1. The molecule has 1 heterocycles. The number of carbonyl (C=O) groups excluding carboxylic acids is 2. The van der Waals surface area contributed by atoms with Gasteiger partial charge in [0, 0.05) is 17.0 Å². The minimum Gasteiger partial charge on any atom is -0.493 e. The molecule has 1 aromatic heterocycles. The van der Waals surface area contributed by atoms with Crippen molar-refractivity contribution in [3.8, 4) is 22.6 Å². The van der Waals surface area contributed by atoms with Crippen molar-refractivity contribution < 1.29 is 23.8 Å². The standard InChI is InChI=1S/C26H27NO5S/c1-5-17-7-11-19(12-8-17)20-16-33-25(24(20)26(29)32-6-2)27-23(28)14-10-18-9-13-21(30-3)22(15-18)31-4/h7-16H,5-6H2,1-4H3,(H,27,28). The van der Waals surface area contributed by atoms with E-state index in [0.29, 0.717) is 22.1 Å². The average Bonchev–Trinajstić information content (AvgIpc) is 3.26. The first kappa shape index (κ1) is 24.1. The van der Waals surface area contributed by atoms with Crippen LogP contribution in [-0.2, 0) is 16.0 Å². The summed E-state index contributed by atoms with van der Waals surface area (Å²) < 4.78 is 15.8. The summed E-state index contributed by atoms with van der Waals surface area (Å²) in [6.45, 7) is 4.09. The molecule has 0 fully saturated rings. The number of hydrogen-bond donors (Lipinski definition) is 1. The minimum atomic E-state index is -0.465. The van der Waals surface area contributed by atoms with Crippen LogP contribution in [0.15, 0.2) is 53.9 Å². The van der Waals surface area contributed by atoms with Crippen molar-refractivity contribution in [2.45, 2.75) is 20.3 Å². The summed E-state index contributed by atoms with van der Waals surface area (Å²) in [7, 11) is 3.12. The van der Waals surface area contributed by atoms with Crippen LogP contribution in [0.2, 0.25) is 0 Å². The molecule has 3 rings (SSSR count). The van der Waals surface area contributed by atoms with Crippen LogP contribution in [0.4, 0.5) is 5.00 Å². The quantitative estimate of drug-likeness (QED) is 0.318. The highest BCUT2D eigenvalue weighted by Gasteiger charge is 2.22. The molecule has 0 bridgehead atoms. The molecular weight excluding hydrogens is 438 g/mol. The van der Waals surface area contributed by atoms with Crippen LogP contribution in [0, 0.1) is 0 Å². The second-order valence-corrected chi connectivity index (χ2v) is 7.94. The average molecular weight is 466 g/mol. The number of hydrogen-bond acceptors (Lipinski definition) is 6. The predicted octanol–water partition coefficient (Wildman–Crippen LogP) is 5.82. The maximum Gasteiger partial charge on any atom is 0.341 e. The molecule has 0 aliphatic rings. The highest BCUT2D eigenvalue weighted by Crippen LogP contribution is 2.36. The summed E-state index contributed by atoms with van der Waals surface area (Å²) in [5.74, 6) is 0.357. The fraction of sp³-hybridized carbons (Fsp3) is 0.231. The largest absolute Gasteiger partial charge is 0.493 e. The summed E-state index contributed by atoms with van der Waals surface area (Å²) in [5.41, 5.74) is 3.98. The highest BCUT2D eigenvalue weighted by atomic mass is 32.1. The van der Waals surface area contributed by atoms with E-state index in [1.165, 1.54) is 23.0 Å². The monoisotopic (exact) mass is 465 g/mol. The van der Waals surface area contributed by atoms with Gasteiger partial charge in [-0.1, -0.05) is 37.3 Å². The molecule has 0 saturated carbocycles. The lowest BCUT2D eigenvalue weighted by Gasteiger charge is -2.09. The van der Waals surface area contributed by atoms with Gasteiger partial charge >= 0.3 is 5.97 Å². The van der Waals surface area contributed by atoms with Crippen LogP contribution in [0.3, 0.4) is 0 Å². The zero-order valence-electron chi connectivity index (χ0n) is 19.1. The third-order valence-corrected chi connectivity index (χ3v) is 5.91. The van der Waals surface area contributed by atoms with Gasteiger partial charge in [-0.05, 0) is 48.2 Å². The van der Waals surface area contributed by atoms with Crippen molar-refractivity contribution in [1.29, 1.82) is 0 Å². The van der Waals surface area contributed by atoms with Gasteiger partial charge in [-0.15, -0.1) is 11.3 Å². The summed E-state index contributed by atoms with van der Waals surface area (Å²) >= 11 is 1.29. The molecule has 33 heavy (non-hydrogen) atoms. The number of benzene rings is 2. The van der Waals surface area contributed by atoms with Gasteiger partial charge in [-0.3, -0.25) is 4.79 Å². The summed E-state index contributed by atoms with van der Waals surface area (Å²) in [6.07, 6.45) is 4.01. The number of amides is 1. The molecule has 0 spiro atoms. The lowest BCUT2D eigenvalue weighted by atomic mass is 10.0. The van der Waals surface area contributed by atoms with Gasteiger partial charge in [0.2, 0.25) is 5.91 Å². The molecule has 0 saturated heterocycles. The lowest BCUT2D eigenvalue weighted by Crippen LogP contribution is -2.12. The number of thiophene rings is 1. The molecule has 2 aromatic carbocycles. The summed E-state index contributed by atoms with van der Waals surface area (Å²) in [4.78, 5) is 25.4. The highest BCUT2D eigenvalue weighted by molar-refractivity contribution is 7.15. The Kier molecular flexibility index (Phi) is 8.27. The number of carbonyl (C=O) groups is 2. The molecule has 172 valence electrons. The molecule has 0 unspecified atom stereocenters. The fourth-order valence-corrected chi connectivity index (χ4v) is 4.23. The van der Waals surface area contributed by atoms with E-state index in [1.54, 1.807) is 39.4 Å². The van der Waals surface area contributed by atoms with Crippen LogP contribution in [0.25, 0.3) is 17.2 Å². The van der Waals surface area contributed by atoms with Crippen molar-refractivity contribution in [3.05, 3.63) is 70.6 Å². The van der Waals surface area contributed by atoms with E-state index in [4.69, 9.17) is 14.2 Å². The number of methoxy groups -OCH3 is 2. The minimum absolute atomic E-state index is 0.246. The molecule has 6 nitrogen and oxygen atoms in total. The van der Waals surface area contributed by atoms with Gasteiger partial charge < -0.3 is 19.5 Å². The van der Waals surface area contributed by atoms with Crippen LogP contribution >= 0.6 is 11.3 Å². The van der Waals surface area contributed by atoms with Crippen LogP contribution in [0.1, 0.15) is 35.3 Å². The van der Waals surface area contributed by atoms with E-state index in [0.717, 1.165) is 23.1 Å². The summed E-state index contributed by atoms with van der Waals surface area (Å²) in [6, 6.07) is 13.4. The normalized spacial score (nSPS) is 10.8. The second-order valence-electron chi connectivity index (χ2n) is 7.06. The Bertz CT molecular complexity index is 1150. The van der Waals surface area contributed by atoms with E-state index >= 15 is 0 Å². The number of anilines is 1. The van der Waals surface area contributed by atoms with Crippen molar-refractivity contribution in [2.75, 3.05) is 26.1 Å². The van der Waals surface area contributed by atoms with E-state index in [9.17, 15) is 9.59 Å². The molecule has 3 aromatic rings. The molecule has 1 N–H and O–H groups in total. The smallest absolute Gasteiger partial charge is 0.341 e. The third kappa shape index (κ3) is 5.81. The van der Waals surface area contributed by atoms with Gasteiger partial charge in [-0.2, -0.15) is 0 Å². The van der Waals surface area contributed by atoms with Crippen LogP contribution < -0.4 is 14.8 Å². The Hall–Kier alpha value is -3.58. The first-order valence-corrected chi connectivity index (χ1v) is 11.5. The van der Waals surface area contributed by atoms with E-state index in [1.807, 2.05) is 35.7 Å². The lowest BCUT2D eigenvalue weighted by molar-refractivity contribution is -0.111. The van der Waals surface area contributed by atoms with E-state index in [-0.39, 0.29) is 12.5 Å². The number of nitrogens with one attached hydrogen (secondary N) is 1. The number of ether oxygens (including phenoxy) is 3.